The van der Waals surface area contributed by atoms with E-state index >= 15 is 0 Å². The molecule has 0 saturated heterocycles. The molecule has 3 aliphatic carbocycles. The van der Waals surface area contributed by atoms with E-state index in [1.54, 1.807) is 24.3 Å². The fraction of sp³-hybridized carbons (Fsp3) is 0.613. The van der Waals surface area contributed by atoms with Crippen molar-refractivity contribution in [2.45, 2.75) is 101 Å². The Morgan fingerprint density at radius 3 is 2.56 bits per heavy atom. The second-order valence-corrected chi connectivity index (χ2v) is 15.0. The molecule has 0 amide bonds. The Morgan fingerprint density at radius 1 is 1.17 bits per heavy atom. The third-order valence-electron chi connectivity index (χ3n) is 9.58. The number of hydrogen-bond acceptors (Lipinski definition) is 4. The molecule has 4 rings (SSSR count). The summed E-state index contributed by atoms with van der Waals surface area (Å²) in [5, 5.41) is 20.3. The molecule has 0 bridgehead atoms. The van der Waals surface area contributed by atoms with Crippen molar-refractivity contribution in [3.05, 3.63) is 65.8 Å². The number of fused-ring (bicyclic) bond motifs is 1. The molecule has 0 spiro atoms. The summed E-state index contributed by atoms with van der Waals surface area (Å²) < 4.78 is 26.1. The van der Waals surface area contributed by atoms with Crippen LogP contribution in [0.1, 0.15) is 79.1 Å². The van der Waals surface area contributed by atoms with Gasteiger partial charge in [-0.2, -0.15) is 0 Å². The van der Waals surface area contributed by atoms with Gasteiger partial charge in [-0.25, -0.2) is 8.42 Å². The second-order valence-electron chi connectivity index (χ2n) is 12.4. The van der Waals surface area contributed by atoms with Gasteiger partial charge in [-0.15, -0.1) is 0 Å². The van der Waals surface area contributed by atoms with E-state index in [-0.39, 0.29) is 5.41 Å². The molecule has 36 heavy (non-hydrogen) atoms. The van der Waals surface area contributed by atoms with Gasteiger partial charge in [-0.05, 0) is 105 Å². The van der Waals surface area contributed by atoms with Crippen LogP contribution in [0.3, 0.4) is 0 Å². The van der Waals surface area contributed by atoms with E-state index < -0.39 is 26.8 Å². The molecule has 198 valence electrons. The van der Waals surface area contributed by atoms with Gasteiger partial charge in [-0.1, -0.05) is 56.4 Å². The zero-order valence-electron chi connectivity index (χ0n) is 22.4. The number of allylic oxidation sites excluding steroid dienone is 3. The van der Waals surface area contributed by atoms with E-state index in [4.69, 9.17) is 0 Å². The fourth-order valence-corrected chi connectivity index (χ4v) is 9.26. The molecule has 3 fully saturated rings. The zero-order chi connectivity index (χ0) is 26.3. The standard InChI is InChI=1S/C31H44O4S/c1-21(20-30(3,4)36(34,35)26-11-7-6-8-12-26)27-15-16-28-23(10-9-17-31(27,28)5)13-14-24-18-25(32)19-29(33)22(24)2/h6-8,11-14,21,25,27-29,32-33H,2,9-10,15-20H2,1,3-5H3/b23-13+,24-14-. The molecule has 0 aliphatic heterocycles. The van der Waals surface area contributed by atoms with Crippen molar-refractivity contribution < 1.29 is 18.6 Å². The van der Waals surface area contributed by atoms with E-state index in [9.17, 15) is 18.6 Å². The molecular formula is C31H44O4S. The number of benzene rings is 1. The lowest BCUT2D eigenvalue weighted by molar-refractivity contribution is 0.0860. The zero-order valence-corrected chi connectivity index (χ0v) is 23.2. The maximum absolute atomic E-state index is 13.5. The first-order valence-electron chi connectivity index (χ1n) is 13.6. The molecule has 1 aromatic carbocycles. The maximum atomic E-state index is 13.5. The Kier molecular flexibility index (Phi) is 7.77. The second kappa shape index (κ2) is 10.2. The fourth-order valence-electron chi connectivity index (χ4n) is 7.63. The van der Waals surface area contributed by atoms with Crippen LogP contribution in [0.5, 0.6) is 0 Å². The lowest BCUT2D eigenvalue weighted by Gasteiger charge is -2.45. The van der Waals surface area contributed by atoms with E-state index in [2.05, 4.69) is 32.6 Å². The Bertz CT molecular complexity index is 1130. The van der Waals surface area contributed by atoms with Crippen LogP contribution in [-0.2, 0) is 9.84 Å². The molecule has 0 heterocycles. The molecule has 6 unspecified atom stereocenters. The average Bonchev–Trinajstić information content (AvgIpc) is 3.18. The molecule has 3 aliphatic rings. The van der Waals surface area contributed by atoms with Crippen LogP contribution in [0.25, 0.3) is 0 Å². The van der Waals surface area contributed by atoms with Gasteiger partial charge in [0.15, 0.2) is 9.84 Å². The van der Waals surface area contributed by atoms with Crippen molar-refractivity contribution in [3.63, 3.8) is 0 Å². The molecule has 6 atom stereocenters. The van der Waals surface area contributed by atoms with Gasteiger partial charge in [0.1, 0.15) is 0 Å². The average molecular weight is 513 g/mol. The van der Waals surface area contributed by atoms with Crippen LogP contribution in [0, 0.1) is 23.2 Å². The number of rotatable bonds is 6. The number of hydrogen-bond donors (Lipinski definition) is 2. The van der Waals surface area contributed by atoms with Gasteiger partial charge in [0, 0.05) is 6.42 Å². The highest BCUT2D eigenvalue weighted by atomic mass is 32.2. The molecule has 0 aromatic heterocycles. The normalized spacial score (nSPS) is 34.7. The topological polar surface area (TPSA) is 74.6 Å². The molecule has 0 radical (unpaired) electrons. The molecule has 5 heteroatoms. The van der Waals surface area contributed by atoms with Crippen LogP contribution in [-0.4, -0.2) is 35.6 Å². The summed E-state index contributed by atoms with van der Waals surface area (Å²) >= 11 is 0. The summed E-state index contributed by atoms with van der Waals surface area (Å²) in [5.41, 5.74) is 3.31. The first kappa shape index (κ1) is 27.3. The highest BCUT2D eigenvalue weighted by Crippen LogP contribution is 2.60. The summed E-state index contributed by atoms with van der Waals surface area (Å²) in [6.07, 6.45) is 10.4. The lowest BCUT2D eigenvalue weighted by atomic mass is 9.60. The van der Waals surface area contributed by atoms with Crippen molar-refractivity contribution in [1.82, 2.24) is 0 Å². The van der Waals surface area contributed by atoms with Gasteiger partial charge >= 0.3 is 0 Å². The summed E-state index contributed by atoms with van der Waals surface area (Å²) in [6.45, 7) is 12.5. The van der Waals surface area contributed by atoms with Crippen molar-refractivity contribution >= 4 is 9.84 Å². The number of aliphatic hydroxyl groups is 2. The van der Waals surface area contributed by atoms with E-state index in [1.807, 2.05) is 19.9 Å². The predicted molar refractivity (Wildman–Crippen MR) is 146 cm³/mol. The van der Waals surface area contributed by atoms with Crippen LogP contribution >= 0.6 is 0 Å². The molecule has 4 nitrogen and oxygen atoms in total. The Hall–Kier alpha value is -1.69. The van der Waals surface area contributed by atoms with Crippen molar-refractivity contribution in [1.29, 1.82) is 0 Å². The van der Waals surface area contributed by atoms with E-state index in [0.717, 1.165) is 36.8 Å². The number of sulfone groups is 1. The first-order valence-corrected chi connectivity index (χ1v) is 15.1. The van der Waals surface area contributed by atoms with E-state index in [1.165, 1.54) is 12.0 Å². The van der Waals surface area contributed by atoms with Crippen molar-refractivity contribution in [2.75, 3.05) is 0 Å². The Morgan fingerprint density at radius 2 is 1.86 bits per heavy atom. The summed E-state index contributed by atoms with van der Waals surface area (Å²) in [4.78, 5) is 0.410. The van der Waals surface area contributed by atoms with Gasteiger partial charge < -0.3 is 10.2 Å². The largest absolute Gasteiger partial charge is 0.393 e. The Labute approximate surface area is 218 Å². The van der Waals surface area contributed by atoms with Gasteiger partial charge in [-0.3, -0.25) is 0 Å². The SMILES string of the molecule is C=C1/C(=C\C=C2/CCCC3(C)C2CCC3C(C)CC(C)(C)S(=O)(=O)c2ccccc2)CC(O)CC1O. The van der Waals surface area contributed by atoms with Crippen molar-refractivity contribution in [2.24, 2.45) is 23.2 Å². The quantitative estimate of drug-likeness (QED) is 0.462. The predicted octanol–water partition coefficient (Wildman–Crippen LogP) is 6.41. The summed E-state index contributed by atoms with van der Waals surface area (Å²) in [6, 6.07) is 8.86. The maximum Gasteiger partial charge on any atom is 0.183 e. The van der Waals surface area contributed by atoms with E-state index in [0.29, 0.717) is 41.9 Å². The summed E-state index contributed by atoms with van der Waals surface area (Å²) in [7, 11) is -3.43. The minimum absolute atomic E-state index is 0.164. The molecular weight excluding hydrogens is 468 g/mol. The smallest absolute Gasteiger partial charge is 0.183 e. The number of aliphatic hydroxyl groups excluding tert-OH is 2. The van der Waals surface area contributed by atoms with Gasteiger partial charge in [0.05, 0.1) is 21.9 Å². The highest BCUT2D eigenvalue weighted by molar-refractivity contribution is 7.92. The van der Waals surface area contributed by atoms with Crippen LogP contribution in [0.2, 0.25) is 0 Å². The molecule has 1 aromatic rings. The third kappa shape index (κ3) is 5.04. The van der Waals surface area contributed by atoms with Crippen LogP contribution in [0.15, 0.2) is 70.7 Å². The highest BCUT2D eigenvalue weighted by Gasteiger charge is 2.52. The third-order valence-corrected chi connectivity index (χ3v) is 12.1. The lowest BCUT2D eigenvalue weighted by Crippen LogP contribution is -2.40. The van der Waals surface area contributed by atoms with Crippen molar-refractivity contribution in [3.8, 4) is 0 Å². The Balaban J connectivity index is 1.53. The minimum atomic E-state index is -3.43. The first-order chi connectivity index (χ1) is 16.9. The van der Waals surface area contributed by atoms with Crippen LogP contribution < -0.4 is 0 Å². The minimum Gasteiger partial charge on any atom is -0.393 e. The van der Waals surface area contributed by atoms with Gasteiger partial charge in [0.25, 0.3) is 0 Å². The molecule has 3 saturated carbocycles. The van der Waals surface area contributed by atoms with Gasteiger partial charge in [0.2, 0.25) is 0 Å². The summed E-state index contributed by atoms with van der Waals surface area (Å²) in [5.74, 6) is 1.28. The molecule has 2 N–H and O–H groups in total. The monoisotopic (exact) mass is 512 g/mol. The van der Waals surface area contributed by atoms with Crippen LogP contribution in [0.4, 0.5) is 0 Å².